The number of nitrogens with one attached hydrogen (secondary N) is 1. The van der Waals surface area contributed by atoms with Crippen LogP contribution in [0.1, 0.15) is 18.4 Å². The molecule has 4 heteroatoms. The minimum Gasteiger partial charge on any atom is -0.327 e. The fourth-order valence-electron chi connectivity index (χ4n) is 2.55. The Hall–Kier alpha value is -2.20. The number of rotatable bonds is 6. The Morgan fingerprint density at radius 3 is 2.76 bits per heavy atom. The van der Waals surface area contributed by atoms with E-state index in [1.807, 2.05) is 30.5 Å². The average molecular weight is 280 g/mol. The summed E-state index contributed by atoms with van der Waals surface area (Å²) in [5.74, 6) is 1.15. The second kappa shape index (κ2) is 6.50. The third kappa shape index (κ3) is 3.11. The zero-order valence-electron chi connectivity index (χ0n) is 12.3. The molecule has 0 aliphatic heterocycles. The van der Waals surface area contributed by atoms with Gasteiger partial charge in [-0.3, -0.25) is 4.98 Å². The molecule has 0 fully saturated rings. The summed E-state index contributed by atoms with van der Waals surface area (Å²) in [4.78, 5) is 9.01. The van der Waals surface area contributed by atoms with Crippen LogP contribution in [0.4, 0.5) is 0 Å². The number of fused-ring (bicyclic) bond motifs is 1. The normalized spacial score (nSPS) is 11.1. The van der Waals surface area contributed by atoms with Crippen LogP contribution in [0.5, 0.6) is 0 Å². The van der Waals surface area contributed by atoms with Gasteiger partial charge < -0.3 is 9.88 Å². The van der Waals surface area contributed by atoms with Crippen LogP contribution < -0.4 is 5.32 Å². The highest BCUT2D eigenvalue weighted by Gasteiger charge is 2.07. The van der Waals surface area contributed by atoms with Gasteiger partial charge in [0.2, 0.25) is 0 Å². The molecule has 0 aliphatic rings. The van der Waals surface area contributed by atoms with E-state index in [0.29, 0.717) is 0 Å². The van der Waals surface area contributed by atoms with Crippen molar-refractivity contribution in [3.8, 4) is 0 Å². The number of nitrogens with zero attached hydrogens (tertiary/aromatic N) is 3. The first kappa shape index (κ1) is 13.8. The largest absolute Gasteiger partial charge is 0.327 e. The lowest BCUT2D eigenvalue weighted by Crippen LogP contribution is -2.20. The van der Waals surface area contributed by atoms with Crippen LogP contribution in [-0.4, -0.2) is 21.1 Å². The number of hydrogen-bond donors (Lipinski definition) is 1. The van der Waals surface area contributed by atoms with E-state index in [4.69, 9.17) is 4.98 Å². The predicted octanol–water partition coefficient (Wildman–Crippen LogP) is 2.78. The van der Waals surface area contributed by atoms with Gasteiger partial charge in [-0.1, -0.05) is 25.1 Å². The molecule has 0 atom stereocenters. The van der Waals surface area contributed by atoms with Gasteiger partial charge in [0.25, 0.3) is 0 Å². The summed E-state index contributed by atoms with van der Waals surface area (Å²) < 4.78 is 2.31. The lowest BCUT2D eigenvalue weighted by molar-refractivity contribution is 0.586. The fraction of sp³-hybridized carbons (Fsp3) is 0.294. The fourth-order valence-corrected chi connectivity index (χ4v) is 2.55. The van der Waals surface area contributed by atoms with Crippen LogP contribution >= 0.6 is 0 Å². The van der Waals surface area contributed by atoms with Crippen LogP contribution in [0.15, 0.2) is 48.7 Å². The number of hydrogen-bond acceptors (Lipinski definition) is 3. The molecule has 0 saturated carbocycles. The molecule has 0 bridgehead atoms. The first-order valence-corrected chi connectivity index (χ1v) is 7.43. The zero-order chi connectivity index (χ0) is 14.5. The van der Waals surface area contributed by atoms with E-state index in [2.05, 4.69) is 40.0 Å². The number of benzene rings is 1. The molecule has 21 heavy (non-hydrogen) atoms. The van der Waals surface area contributed by atoms with Gasteiger partial charge in [-0.05, 0) is 24.3 Å². The van der Waals surface area contributed by atoms with Gasteiger partial charge in [-0.15, -0.1) is 0 Å². The number of aromatic nitrogens is 3. The summed E-state index contributed by atoms with van der Waals surface area (Å²) in [6.45, 7) is 4.79. The van der Waals surface area contributed by atoms with Gasteiger partial charge in [-0.25, -0.2) is 4.98 Å². The van der Waals surface area contributed by atoms with Crippen molar-refractivity contribution in [2.75, 3.05) is 6.54 Å². The summed E-state index contributed by atoms with van der Waals surface area (Å²) in [6.07, 6.45) is 2.78. The topological polar surface area (TPSA) is 42.7 Å². The molecule has 0 unspecified atom stereocenters. The highest BCUT2D eigenvalue weighted by Crippen LogP contribution is 2.15. The summed E-state index contributed by atoms with van der Waals surface area (Å²) in [7, 11) is 0. The molecule has 4 nitrogen and oxygen atoms in total. The third-order valence-electron chi connectivity index (χ3n) is 3.59. The number of pyridine rings is 1. The second-order valence-electron chi connectivity index (χ2n) is 5.02. The third-order valence-corrected chi connectivity index (χ3v) is 3.59. The van der Waals surface area contributed by atoms with E-state index in [9.17, 15) is 0 Å². The number of para-hydroxylation sites is 2. The minimum atomic E-state index is 0.801. The van der Waals surface area contributed by atoms with Crippen molar-refractivity contribution in [3.63, 3.8) is 0 Å². The molecule has 2 aromatic heterocycles. The summed E-state index contributed by atoms with van der Waals surface area (Å²) in [5, 5.41) is 3.44. The summed E-state index contributed by atoms with van der Waals surface area (Å²) >= 11 is 0. The Morgan fingerprint density at radius 1 is 1.10 bits per heavy atom. The number of imidazole rings is 1. The summed E-state index contributed by atoms with van der Waals surface area (Å²) in [6, 6.07) is 14.3. The van der Waals surface area contributed by atoms with Crippen molar-refractivity contribution in [2.24, 2.45) is 0 Å². The zero-order valence-corrected chi connectivity index (χ0v) is 12.3. The smallest absolute Gasteiger partial charge is 0.109 e. The van der Waals surface area contributed by atoms with Crippen molar-refractivity contribution in [3.05, 3.63) is 60.2 Å². The Balaban J connectivity index is 1.65. The molecule has 0 saturated heterocycles. The molecular weight excluding hydrogens is 260 g/mol. The SMILES string of the molecule is CCc1nc2ccccc2n1CCNCc1ccccn1. The highest BCUT2D eigenvalue weighted by molar-refractivity contribution is 5.75. The number of aryl methyl sites for hydroxylation is 1. The molecule has 0 spiro atoms. The first-order chi connectivity index (χ1) is 10.4. The van der Waals surface area contributed by atoms with E-state index < -0.39 is 0 Å². The Kier molecular flexibility index (Phi) is 4.26. The monoisotopic (exact) mass is 280 g/mol. The molecule has 3 aromatic rings. The van der Waals surface area contributed by atoms with Crippen molar-refractivity contribution in [2.45, 2.75) is 26.4 Å². The predicted molar refractivity (Wildman–Crippen MR) is 85.1 cm³/mol. The maximum Gasteiger partial charge on any atom is 0.109 e. The Labute approximate surface area is 124 Å². The molecule has 108 valence electrons. The van der Waals surface area contributed by atoms with Crippen LogP contribution in [0.25, 0.3) is 11.0 Å². The lowest BCUT2D eigenvalue weighted by Gasteiger charge is -2.09. The lowest BCUT2D eigenvalue weighted by atomic mass is 10.3. The van der Waals surface area contributed by atoms with E-state index in [-0.39, 0.29) is 0 Å². The molecular formula is C17H20N4. The highest BCUT2D eigenvalue weighted by atomic mass is 15.1. The summed E-state index contributed by atoms with van der Waals surface area (Å²) in [5.41, 5.74) is 3.37. The van der Waals surface area contributed by atoms with E-state index in [0.717, 1.165) is 43.1 Å². The molecule has 0 aliphatic carbocycles. The minimum absolute atomic E-state index is 0.801. The molecule has 1 aromatic carbocycles. The standard InChI is InChI=1S/C17H20N4/c1-2-17-20-15-8-3-4-9-16(15)21(17)12-11-18-13-14-7-5-6-10-19-14/h3-10,18H,2,11-13H2,1H3. The molecule has 1 N–H and O–H groups in total. The van der Waals surface area contributed by atoms with Gasteiger partial charge in [-0.2, -0.15) is 0 Å². The van der Waals surface area contributed by atoms with Gasteiger partial charge in [0.05, 0.1) is 16.7 Å². The van der Waals surface area contributed by atoms with Crippen molar-refractivity contribution in [1.82, 2.24) is 19.9 Å². The maximum absolute atomic E-state index is 4.69. The maximum atomic E-state index is 4.69. The Morgan fingerprint density at radius 2 is 1.95 bits per heavy atom. The average Bonchev–Trinajstić information content (AvgIpc) is 2.90. The van der Waals surface area contributed by atoms with Gasteiger partial charge >= 0.3 is 0 Å². The van der Waals surface area contributed by atoms with Gasteiger partial charge in [0, 0.05) is 32.3 Å². The van der Waals surface area contributed by atoms with E-state index >= 15 is 0 Å². The molecule has 0 amide bonds. The van der Waals surface area contributed by atoms with Crippen LogP contribution in [-0.2, 0) is 19.5 Å². The van der Waals surface area contributed by atoms with Crippen LogP contribution in [0, 0.1) is 0 Å². The van der Waals surface area contributed by atoms with Gasteiger partial charge in [0.15, 0.2) is 0 Å². The second-order valence-corrected chi connectivity index (χ2v) is 5.02. The Bertz CT molecular complexity index is 703. The van der Waals surface area contributed by atoms with Crippen molar-refractivity contribution >= 4 is 11.0 Å². The molecule has 3 rings (SSSR count). The first-order valence-electron chi connectivity index (χ1n) is 7.43. The van der Waals surface area contributed by atoms with Crippen molar-refractivity contribution < 1.29 is 0 Å². The molecule has 0 radical (unpaired) electrons. The van der Waals surface area contributed by atoms with E-state index in [1.54, 1.807) is 0 Å². The van der Waals surface area contributed by atoms with Gasteiger partial charge in [0.1, 0.15) is 5.82 Å². The van der Waals surface area contributed by atoms with Crippen molar-refractivity contribution in [1.29, 1.82) is 0 Å². The quantitative estimate of drug-likeness (QED) is 0.706. The van der Waals surface area contributed by atoms with E-state index in [1.165, 1.54) is 5.52 Å². The molecule has 2 heterocycles. The van der Waals surface area contributed by atoms with Crippen LogP contribution in [0.2, 0.25) is 0 Å². The van der Waals surface area contributed by atoms with Crippen LogP contribution in [0.3, 0.4) is 0 Å².